The van der Waals surface area contributed by atoms with Crippen LogP contribution < -0.4 is 10.5 Å². The van der Waals surface area contributed by atoms with Gasteiger partial charge in [-0.25, -0.2) is 9.79 Å². The summed E-state index contributed by atoms with van der Waals surface area (Å²) in [6.45, 7) is 0. The van der Waals surface area contributed by atoms with Crippen LogP contribution in [0, 0.1) is 11.3 Å². The van der Waals surface area contributed by atoms with Crippen LogP contribution in [0.2, 0.25) is 0 Å². The Morgan fingerprint density at radius 3 is 2.91 bits per heavy atom. The van der Waals surface area contributed by atoms with E-state index in [2.05, 4.69) is 26.0 Å². The average Bonchev–Trinajstić information content (AvgIpc) is 2.92. The zero-order valence-electron chi connectivity index (χ0n) is 12.1. The minimum Gasteiger partial charge on any atom is -0.390 e. The Hall–Kier alpha value is -3.34. The maximum absolute atomic E-state index is 10.7. The second kappa shape index (κ2) is 6.41. The number of aromatic amines is 1. The van der Waals surface area contributed by atoms with Crippen molar-refractivity contribution in [3.05, 3.63) is 29.8 Å². The molecule has 0 spiro atoms. The van der Waals surface area contributed by atoms with Gasteiger partial charge < -0.3 is 15.4 Å². The van der Waals surface area contributed by atoms with Gasteiger partial charge in [0.1, 0.15) is 6.07 Å². The standard InChI is InChI=1S/C14H14N6O2/c1-20(2)8-17-11-4-3-9(5-10(11)7-15)12-6-13(19-18-12)22-14(16)21/h3-6,8H,1-2H3,(H2,16,21)(H,18,19)/b17-8+. The number of nitrogens with one attached hydrogen (secondary N) is 1. The minimum absolute atomic E-state index is 0.0655. The van der Waals surface area contributed by atoms with E-state index >= 15 is 0 Å². The van der Waals surface area contributed by atoms with E-state index in [1.807, 2.05) is 14.1 Å². The molecule has 8 nitrogen and oxygen atoms in total. The predicted molar refractivity (Wildman–Crippen MR) is 80.8 cm³/mol. The summed E-state index contributed by atoms with van der Waals surface area (Å²) in [4.78, 5) is 16.7. The number of ether oxygens (including phenoxy) is 1. The number of benzene rings is 1. The highest BCUT2D eigenvalue weighted by molar-refractivity contribution is 5.72. The molecule has 1 aromatic heterocycles. The molecule has 1 amide bonds. The van der Waals surface area contributed by atoms with Gasteiger partial charge in [-0.3, -0.25) is 5.10 Å². The summed E-state index contributed by atoms with van der Waals surface area (Å²) in [5, 5.41) is 15.7. The highest BCUT2D eigenvalue weighted by Gasteiger charge is 2.09. The van der Waals surface area contributed by atoms with E-state index in [9.17, 15) is 10.1 Å². The number of rotatable bonds is 4. The molecule has 2 rings (SSSR count). The number of hydrogen-bond acceptors (Lipinski definition) is 5. The molecule has 0 radical (unpaired) electrons. The Balaban J connectivity index is 2.31. The lowest BCUT2D eigenvalue weighted by Gasteiger charge is -2.04. The van der Waals surface area contributed by atoms with Crippen LogP contribution in [-0.2, 0) is 0 Å². The highest BCUT2D eigenvalue weighted by atomic mass is 16.6. The van der Waals surface area contributed by atoms with Crippen LogP contribution in [0.3, 0.4) is 0 Å². The third-order valence-electron chi connectivity index (χ3n) is 2.62. The Morgan fingerprint density at radius 2 is 2.27 bits per heavy atom. The number of hydrogen-bond donors (Lipinski definition) is 2. The van der Waals surface area contributed by atoms with Crippen molar-refractivity contribution in [2.75, 3.05) is 14.1 Å². The Bertz CT molecular complexity index is 757. The van der Waals surface area contributed by atoms with Gasteiger partial charge in [-0.15, -0.1) is 5.10 Å². The number of nitriles is 1. The van der Waals surface area contributed by atoms with Gasteiger partial charge in [0.15, 0.2) is 0 Å². The summed E-state index contributed by atoms with van der Waals surface area (Å²) in [6.07, 6.45) is 0.675. The first-order chi connectivity index (χ1) is 10.5. The van der Waals surface area contributed by atoms with Crippen molar-refractivity contribution in [2.45, 2.75) is 0 Å². The Kier molecular flexibility index (Phi) is 4.38. The molecule has 0 aliphatic heterocycles. The van der Waals surface area contributed by atoms with Crippen LogP contribution in [-0.4, -0.2) is 41.6 Å². The van der Waals surface area contributed by atoms with Crippen molar-refractivity contribution < 1.29 is 9.53 Å². The van der Waals surface area contributed by atoms with Crippen molar-refractivity contribution in [2.24, 2.45) is 10.7 Å². The lowest BCUT2D eigenvalue weighted by atomic mass is 10.1. The topological polar surface area (TPSA) is 120 Å². The van der Waals surface area contributed by atoms with Crippen LogP contribution in [0.5, 0.6) is 5.88 Å². The molecule has 0 saturated heterocycles. The van der Waals surface area contributed by atoms with Crippen LogP contribution >= 0.6 is 0 Å². The fourth-order valence-corrected chi connectivity index (χ4v) is 1.69. The number of carbonyl (C=O) groups is 1. The molecule has 1 aromatic carbocycles. The molecule has 0 saturated carbocycles. The van der Waals surface area contributed by atoms with Gasteiger partial charge in [-0.05, 0) is 12.1 Å². The molecule has 0 fully saturated rings. The molecule has 3 N–H and O–H groups in total. The molecule has 0 bridgehead atoms. The van der Waals surface area contributed by atoms with Crippen molar-refractivity contribution in [3.63, 3.8) is 0 Å². The number of aromatic nitrogens is 2. The van der Waals surface area contributed by atoms with Gasteiger partial charge in [0.2, 0.25) is 5.88 Å². The Morgan fingerprint density at radius 1 is 1.50 bits per heavy atom. The van der Waals surface area contributed by atoms with Crippen molar-refractivity contribution in [3.8, 4) is 23.2 Å². The van der Waals surface area contributed by atoms with Crippen LogP contribution in [0.15, 0.2) is 29.3 Å². The molecule has 8 heteroatoms. The smallest absolute Gasteiger partial charge is 0.390 e. The van der Waals surface area contributed by atoms with Crippen LogP contribution in [0.25, 0.3) is 11.3 Å². The quantitative estimate of drug-likeness (QED) is 0.656. The van der Waals surface area contributed by atoms with Crippen LogP contribution in [0.4, 0.5) is 10.5 Å². The number of carbonyl (C=O) groups excluding carboxylic acids is 1. The van der Waals surface area contributed by atoms with E-state index in [0.717, 1.165) is 0 Å². The molecular weight excluding hydrogens is 284 g/mol. The molecule has 0 unspecified atom stereocenters. The summed E-state index contributed by atoms with van der Waals surface area (Å²) in [6, 6.07) is 8.79. The summed E-state index contributed by atoms with van der Waals surface area (Å²) in [5.74, 6) is 0.0655. The number of amides is 1. The van der Waals surface area contributed by atoms with Gasteiger partial charge in [-0.1, -0.05) is 6.07 Å². The molecule has 112 valence electrons. The first-order valence-corrected chi connectivity index (χ1v) is 6.27. The summed E-state index contributed by atoms with van der Waals surface area (Å²) in [5.41, 5.74) is 7.21. The third kappa shape index (κ3) is 3.61. The van der Waals surface area contributed by atoms with E-state index in [1.165, 1.54) is 6.07 Å². The lowest BCUT2D eigenvalue weighted by molar-refractivity contribution is 0.209. The van der Waals surface area contributed by atoms with E-state index in [4.69, 9.17) is 5.73 Å². The highest BCUT2D eigenvalue weighted by Crippen LogP contribution is 2.27. The van der Waals surface area contributed by atoms with Gasteiger partial charge in [0, 0.05) is 25.7 Å². The van der Waals surface area contributed by atoms with Gasteiger partial charge in [0.25, 0.3) is 0 Å². The molecule has 0 aliphatic rings. The number of H-pyrrole nitrogens is 1. The molecule has 0 aliphatic carbocycles. The maximum Gasteiger partial charge on any atom is 0.411 e. The molecule has 2 aromatic rings. The monoisotopic (exact) mass is 298 g/mol. The zero-order valence-corrected chi connectivity index (χ0v) is 12.1. The van der Waals surface area contributed by atoms with Gasteiger partial charge in [0.05, 0.1) is 23.3 Å². The molecule has 22 heavy (non-hydrogen) atoms. The van der Waals surface area contributed by atoms with E-state index in [1.54, 1.807) is 29.4 Å². The molecular formula is C14H14N6O2. The fourth-order valence-electron chi connectivity index (χ4n) is 1.69. The van der Waals surface area contributed by atoms with Crippen molar-refractivity contribution in [1.82, 2.24) is 15.1 Å². The Labute approximate surface area is 126 Å². The van der Waals surface area contributed by atoms with E-state index < -0.39 is 6.09 Å². The second-order valence-electron chi connectivity index (χ2n) is 4.59. The van der Waals surface area contributed by atoms with E-state index in [0.29, 0.717) is 22.5 Å². The maximum atomic E-state index is 10.7. The molecule has 1 heterocycles. The SMILES string of the molecule is CN(C)/C=N/c1ccc(-c2cc(OC(N)=O)n[nH]2)cc1C#N. The largest absolute Gasteiger partial charge is 0.411 e. The summed E-state index contributed by atoms with van der Waals surface area (Å²) in [7, 11) is 3.68. The van der Waals surface area contributed by atoms with Gasteiger partial charge >= 0.3 is 6.09 Å². The first kappa shape index (κ1) is 15.1. The predicted octanol–water partition coefficient (Wildman–Crippen LogP) is 1.63. The van der Waals surface area contributed by atoms with Crippen LogP contribution in [0.1, 0.15) is 5.56 Å². The third-order valence-corrected chi connectivity index (χ3v) is 2.62. The number of nitrogens with zero attached hydrogens (tertiary/aromatic N) is 4. The minimum atomic E-state index is -0.941. The molecule has 0 atom stereocenters. The number of aliphatic imine (C=N–C) groups is 1. The van der Waals surface area contributed by atoms with Crippen molar-refractivity contribution >= 4 is 18.1 Å². The summed E-state index contributed by atoms with van der Waals surface area (Å²) >= 11 is 0. The number of nitrogens with two attached hydrogens (primary N) is 1. The normalized spacial score (nSPS) is 10.4. The zero-order chi connectivity index (χ0) is 16.1. The average molecular weight is 298 g/mol. The number of primary amides is 1. The first-order valence-electron chi connectivity index (χ1n) is 6.27. The fraction of sp³-hybridized carbons (Fsp3) is 0.143. The lowest BCUT2D eigenvalue weighted by Crippen LogP contribution is -2.16. The van der Waals surface area contributed by atoms with Crippen molar-refractivity contribution in [1.29, 1.82) is 5.26 Å². The second-order valence-corrected chi connectivity index (χ2v) is 4.59. The summed E-state index contributed by atoms with van der Waals surface area (Å²) < 4.78 is 4.66. The van der Waals surface area contributed by atoms with Gasteiger partial charge in [-0.2, -0.15) is 5.26 Å². The van der Waals surface area contributed by atoms with E-state index in [-0.39, 0.29) is 5.88 Å².